The van der Waals surface area contributed by atoms with Crippen LogP contribution < -0.4 is 4.90 Å². The van der Waals surface area contributed by atoms with Crippen molar-refractivity contribution in [3.05, 3.63) is 59.1 Å². The zero-order valence-electron chi connectivity index (χ0n) is 11.5. The van der Waals surface area contributed by atoms with Gasteiger partial charge in [-0.15, -0.1) is 11.3 Å². The van der Waals surface area contributed by atoms with Crippen molar-refractivity contribution in [3.63, 3.8) is 0 Å². The maximum atomic E-state index is 12.0. The van der Waals surface area contributed by atoms with Crippen LogP contribution in [0.4, 0.5) is 5.69 Å². The van der Waals surface area contributed by atoms with Crippen molar-refractivity contribution < 1.29 is 4.79 Å². The Hall–Kier alpha value is -2.20. The molecule has 0 atom stereocenters. The zero-order chi connectivity index (χ0) is 14.2. The topological polar surface area (TPSA) is 33.2 Å². The van der Waals surface area contributed by atoms with Gasteiger partial charge in [-0.1, -0.05) is 24.3 Å². The molecule has 4 heteroatoms. The number of thiazole rings is 1. The van der Waals surface area contributed by atoms with Crippen LogP contribution in [0.15, 0.2) is 48.5 Å². The molecule has 3 nitrogen and oxygen atoms in total. The molecule has 0 spiro atoms. The molecule has 2 aromatic carbocycles. The quantitative estimate of drug-likeness (QED) is 0.719. The number of hydrogen-bond donors (Lipinski definition) is 0. The highest BCUT2D eigenvalue weighted by molar-refractivity contribution is 7.18. The van der Waals surface area contributed by atoms with Crippen LogP contribution in [0, 0.1) is 0 Å². The van der Waals surface area contributed by atoms with E-state index in [1.807, 2.05) is 42.5 Å². The lowest BCUT2D eigenvalue weighted by molar-refractivity contribution is 0.0979. The number of para-hydroxylation sites is 2. The predicted octanol–water partition coefficient (Wildman–Crippen LogP) is 3.89. The Morgan fingerprint density at radius 1 is 1.10 bits per heavy atom. The minimum absolute atomic E-state index is 0.242. The summed E-state index contributed by atoms with van der Waals surface area (Å²) in [6, 6.07) is 16.1. The van der Waals surface area contributed by atoms with Crippen molar-refractivity contribution in [2.75, 3.05) is 11.4 Å². The molecule has 0 bridgehead atoms. The van der Waals surface area contributed by atoms with Gasteiger partial charge >= 0.3 is 0 Å². The molecule has 0 aliphatic carbocycles. The molecule has 2 heterocycles. The fourth-order valence-corrected chi connectivity index (χ4v) is 3.77. The van der Waals surface area contributed by atoms with Gasteiger partial charge in [0, 0.05) is 24.2 Å². The van der Waals surface area contributed by atoms with Gasteiger partial charge in [0.05, 0.1) is 16.8 Å². The standard InChI is InChI=1S/C17H14N2OS/c20-15-9-10-19(14-7-3-1-5-12(14)15)11-17-18-13-6-2-4-8-16(13)21-17/h1-8H,9-11H2. The van der Waals surface area contributed by atoms with Gasteiger partial charge in [-0.2, -0.15) is 0 Å². The number of anilines is 1. The van der Waals surface area contributed by atoms with Crippen LogP contribution in [0.3, 0.4) is 0 Å². The summed E-state index contributed by atoms with van der Waals surface area (Å²) in [4.78, 5) is 18.9. The molecule has 1 aromatic heterocycles. The number of ketones is 1. The molecule has 0 fully saturated rings. The number of carbonyl (C=O) groups is 1. The summed E-state index contributed by atoms with van der Waals surface area (Å²) in [5, 5.41) is 1.10. The summed E-state index contributed by atoms with van der Waals surface area (Å²) in [5.41, 5.74) is 2.93. The molecule has 0 unspecified atom stereocenters. The SMILES string of the molecule is O=C1CCN(Cc2nc3ccccc3s2)c2ccccc21. The van der Waals surface area contributed by atoms with Gasteiger partial charge in [0.25, 0.3) is 0 Å². The van der Waals surface area contributed by atoms with E-state index >= 15 is 0 Å². The minimum Gasteiger partial charge on any atom is -0.364 e. The van der Waals surface area contributed by atoms with Gasteiger partial charge < -0.3 is 4.90 Å². The van der Waals surface area contributed by atoms with Gasteiger partial charge in [0.1, 0.15) is 5.01 Å². The highest BCUT2D eigenvalue weighted by Gasteiger charge is 2.23. The van der Waals surface area contributed by atoms with Gasteiger partial charge in [0.2, 0.25) is 0 Å². The molecular formula is C17H14N2OS. The first-order valence-electron chi connectivity index (χ1n) is 7.03. The number of aromatic nitrogens is 1. The molecule has 104 valence electrons. The number of Topliss-reactive ketones (excluding diaryl/α,β-unsaturated/α-hetero) is 1. The summed E-state index contributed by atoms with van der Waals surface area (Å²) >= 11 is 1.73. The van der Waals surface area contributed by atoms with Gasteiger partial charge in [0.15, 0.2) is 5.78 Å². The van der Waals surface area contributed by atoms with Crippen molar-refractivity contribution >= 4 is 33.0 Å². The second kappa shape index (κ2) is 4.97. The Kier molecular flexibility index (Phi) is 2.97. The number of hydrogen-bond acceptors (Lipinski definition) is 4. The lowest BCUT2D eigenvalue weighted by Crippen LogP contribution is -2.31. The second-order valence-electron chi connectivity index (χ2n) is 5.19. The number of fused-ring (bicyclic) bond motifs is 2. The Labute approximate surface area is 126 Å². The molecule has 0 radical (unpaired) electrons. The normalized spacial score (nSPS) is 14.5. The number of carbonyl (C=O) groups excluding carboxylic acids is 1. The first-order chi connectivity index (χ1) is 10.3. The molecule has 1 aliphatic heterocycles. The summed E-state index contributed by atoms with van der Waals surface area (Å²) < 4.78 is 1.22. The van der Waals surface area contributed by atoms with Gasteiger partial charge in [-0.3, -0.25) is 4.79 Å². The van der Waals surface area contributed by atoms with E-state index in [1.165, 1.54) is 4.70 Å². The first kappa shape index (κ1) is 12.5. The predicted molar refractivity (Wildman–Crippen MR) is 86.1 cm³/mol. The Morgan fingerprint density at radius 3 is 2.81 bits per heavy atom. The third-order valence-electron chi connectivity index (χ3n) is 3.82. The third kappa shape index (κ3) is 2.21. The first-order valence-corrected chi connectivity index (χ1v) is 7.84. The third-order valence-corrected chi connectivity index (χ3v) is 4.84. The monoisotopic (exact) mass is 294 g/mol. The highest BCUT2D eigenvalue weighted by Crippen LogP contribution is 2.30. The van der Waals surface area contributed by atoms with Crippen molar-refractivity contribution in [3.8, 4) is 0 Å². The molecule has 0 amide bonds. The number of rotatable bonds is 2. The molecule has 0 N–H and O–H groups in total. The zero-order valence-corrected chi connectivity index (χ0v) is 12.3. The van der Waals surface area contributed by atoms with E-state index < -0.39 is 0 Å². The minimum atomic E-state index is 0.242. The molecule has 0 saturated heterocycles. The van der Waals surface area contributed by atoms with Crippen LogP contribution in [-0.4, -0.2) is 17.3 Å². The summed E-state index contributed by atoms with van der Waals surface area (Å²) in [7, 11) is 0. The fourth-order valence-electron chi connectivity index (χ4n) is 2.79. The van der Waals surface area contributed by atoms with E-state index in [9.17, 15) is 4.79 Å². The van der Waals surface area contributed by atoms with E-state index in [-0.39, 0.29) is 5.78 Å². The van der Waals surface area contributed by atoms with Crippen LogP contribution in [0.25, 0.3) is 10.2 Å². The fraction of sp³-hybridized carbons (Fsp3) is 0.176. The average molecular weight is 294 g/mol. The Balaban J connectivity index is 1.68. The molecule has 1 aliphatic rings. The molecule has 21 heavy (non-hydrogen) atoms. The molecule has 3 aromatic rings. The smallest absolute Gasteiger partial charge is 0.166 e. The second-order valence-corrected chi connectivity index (χ2v) is 6.30. The number of nitrogens with zero attached hydrogens (tertiary/aromatic N) is 2. The van der Waals surface area contributed by atoms with Crippen LogP contribution >= 0.6 is 11.3 Å². The van der Waals surface area contributed by atoms with E-state index in [0.29, 0.717) is 6.42 Å². The van der Waals surface area contributed by atoms with Crippen molar-refractivity contribution in [2.45, 2.75) is 13.0 Å². The molecule has 0 saturated carbocycles. The summed E-state index contributed by atoms with van der Waals surface area (Å²) in [6.07, 6.45) is 0.585. The van der Waals surface area contributed by atoms with Gasteiger partial charge in [-0.05, 0) is 24.3 Å². The maximum absolute atomic E-state index is 12.0. The van der Waals surface area contributed by atoms with E-state index in [4.69, 9.17) is 4.98 Å². The summed E-state index contributed by atoms with van der Waals surface area (Å²) in [5.74, 6) is 0.242. The largest absolute Gasteiger partial charge is 0.364 e. The maximum Gasteiger partial charge on any atom is 0.166 e. The number of benzene rings is 2. The highest BCUT2D eigenvalue weighted by atomic mass is 32.1. The van der Waals surface area contributed by atoms with Crippen LogP contribution in [0.2, 0.25) is 0 Å². The molecule has 4 rings (SSSR count). The van der Waals surface area contributed by atoms with Crippen molar-refractivity contribution in [1.29, 1.82) is 0 Å². The lowest BCUT2D eigenvalue weighted by atomic mass is 10.0. The lowest BCUT2D eigenvalue weighted by Gasteiger charge is -2.29. The van der Waals surface area contributed by atoms with E-state index in [2.05, 4.69) is 11.0 Å². The van der Waals surface area contributed by atoms with Crippen molar-refractivity contribution in [1.82, 2.24) is 4.98 Å². The van der Waals surface area contributed by atoms with E-state index in [0.717, 1.165) is 34.9 Å². The van der Waals surface area contributed by atoms with Gasteiger partial charge in [-0.25, -0.2) is 4.98 Å². The van der Waals surface area contributed by atoms with Crippen LogP contribution in [0.5, 0.6) is 0 Å². The average Bonchev–Trinajstić information content (AvgIpc) is 2.93. The van der Waals surface area contributed by atoms with Crippen molar-refractivity contribution in [2.24, 2.45) is 0 Å². The Bertz CT molecular complexity index is 791. The van der Waals surface area contributed by atoms with Crippen LogP contribution in [0.1, 0.15) is 21.8 Å². The summed E-state index contributed by atoms with van der Waals surface area (Å²) in [6.45, 7) is 1.54. The Morgan fingerprint density at radius 2 is 1.90 bits per heavy atom. The van der Waals surface area contributed by atoms with Crippen LogP contribution in [-0.2, 0) is 6.54 Å². The molecular weight excluding hydrogens is 280 g/mol. The van der Waals surface area contributed by atoms with E-state index in [1.54, 1.807) is 11.3 Å².